The molecule has 9 heteroatoms. The molecule has 28 heavy (non-hydrogen) atoms. The Balaban J connectivity index is 2.44. The number of anilines is 1. The van der Waals surface area contributed by atoms with Crippen LogP contribution < -0.4 is 24.2 Å². The zero-order chi connectivity index (χ0) is 20.7. The summed E-state index contributed by atoms with van der Waals surface area (Å²) in [7, 11) is 0.198. The maximum absolute atomic E-state index is 12.9. The number of carbonyl (C=O) groups excluding carboxylic acids is 1. The first kappa shape index (κ1) is 21.1. The highest BCUT2D eigenvalue weighted by atomic mass is 32.2. The molecule has 0 saturated carbocycles. The maximum Gasteiger partial charge on any atom is 0.265 e. The molecule has 0 heterocycles. The molecule has 8 nitrogen and oxygen atoms in total. The van der Waals surface area contributed by atoms with E-state index in [1.54, 1.807) is 6.07 Å². The normalized spacial score (nSPS) is 10.7. The predicted octanol–water partition coefficient (Wildman–Crippen LogP) is 2.43. The summed E-state index contributed by atoms with van der Waals surface area (Å²) in [6.45, 7) is 3.78. The number of carbonyl (C=O) groups is 1. The molecule has 0 unspecified atom stereocenters. The van der Waals surface area contributed by atoms with Crippen LogP contribution in [0.4, 0.5) is 5.69 Å². The van der Waals surface area contributed by atoms with Crippen LogP contribution in [0.2, 0.25) is 0 Å². The van der Waals surface area contributed by atoms with Gasteiger partial charge in [-0.25, -0.2) is 8.42 Å². The Kier molecular flexibility index (Phi) is 6.89. The molecule has 150 valence electrons. The lowest BCUT2D eigenvalue weighted by molar-refractivity contribution is 0.0957. The second-order valence-corrected chi connectivity index (χ2v) is 7.22. The summed E-state index contributed by atoms with van der Waals surface area (Å²) >= 11 is 0. The van der Waals surface area contributed by atoms with E-state index in [1.165, 1.54) is 57.7 Å². The van der Waals surface area contributed by atoms with E-state index in [2.05, 4.69) is 16.6 Å². The molecule has 2 aromatic carbocycles. The van der Waals surface area contributed by atoms with Gasteiger partial charge in [-0.1, -0.05) is 6.08 Å². The smallest absolute Gasteiger partial charge is 0.265 e. The van der Waals surface area contributed by atoms with Gasteiger partial charge in [-0.05, 0) is 18.2 Å². The molecule has 2 aromatic rings. The van der Waals surface area contributed by atoms with Crippen molar-refractivity contribution in [2.45, 2.75) is 4.90 Å². The first-order valence-corrected chi connectivity index (χ1v) is 9.66. The fourth-order valence-corrected chi connectivity index (χ4v) is 3.61. The fourth-order valence-electron chi connectivity index (χ4n) is 2.37. The van der Waals surface area contributed by atoms with Gasteiger partial charge in [0.1, 0.15) is 22.1 Å². The highest BCUT2D eigenvalue weighted by Gasteiger charge is 2.22. The topological polar surface area (TPSA) is 103 Å². The Labute approximate surface area is 164 Å². The van der Waals surface area contributed by atoms with Crippen LogP contribution in [0, 0.1) is 0 Å². The summed E-state index contributed by atoms with van der Waals surface area (Å²) < 4.78 is 43.8. The maximum atomic E-state index is 12.9. The monoisotopic (exact) mass is 406 g/mol. The Hall–Kier alpha value is -3.20. The summed E-state index contributed by atoms with van der Waals surface area (Å²) in [5.41, 5.74) is 0.408. The first-order valence-electron chi connectivity index (χ1n) is 8.17. The molecule has 0 aliphatic heterocycles. The van der Waals surface area contributed by atoms with E-state index >= 15 is 0 Å². The van der Waals surface area contributed by atoms with E-state index in [4.69, 9.17) is 14.2 Å². The number of amides is 1. The van der Waals surface area contributed by atoms with E-state index in [9.17, 15) is 13.2 Å². The number of hydrogen-bond donors (Lipinski definition) is 2. The molecule has 2 N–H and O–H groups in total. The minimum Gasteiger partial charge on any atom is -0.497 e. The molecular weight excluding hydrogens is 384 g/mol. The zero-order valence-electron chi connectivity index (χ0n) is 15.8. The summed E-state index contributed by atoms with van der Waals surface area (Å²) in [5.74, 6) is 0.507. The van der Waals surface area contributed by atoms with E-state index in [0.717, 1.165) is 0 Å². The van der Waals surface area contributed by atoms with Crippen molar-refractivity contribution in [3.8, 4) is 17.2 Å². The van der Waals surface area contributed by atoms with E-state index < -0.39 is 15.9 Å². The van der Waals surface area contributed by atoms with Gasteiger partial charge >= 0.3 is 0 Å². The van der Waals surface area contributed by atoms with Gasteiger partial charge < -0.3 is 19.5 Å². The minimum atomic E-state index is -4.07. The lowest BCUT2D eigenvalue weighted by Gasteiger charge is -2.14. The third-order valence-electron chi connectivity index (χ3n) is 3.73. The van der Waals surface area contributed by atoms with Crippen molar-refractivity contribution >= 4 is 21.6 Å². The predicted molar refractivity (Wildman–Crippen MR) is 106 cm³/mol. The second kappa shape index (κ2) is 9.14. The van der Waals surface area contributed by atoms with Gasteiger partial charge in [-0.2, -0.15) is 0 Å². The van der Waals surface area contributed by atoms with Gasteiger partial charge in [0.05, 0.1) is 27.0 Å². The molecule has 0 bridgehead atoms. The van der Waals surface area contributed by atoms with Crippen molar-refractivity contribution in [2.24, 2.45) is 0 Å². The second-order valence-electron chi connectivity index (χ2n) is 5.57. The lowest BCUT2D eigenvalue weighted by Crippen LogP contribution is -2.24. The number of benzene rings is 2. The van der Waals surface area contributed by atoms with Gasteiger partial charge in [0.25, 0.3) is 15.9 Å². The average molecular weight is 406 g/mol. The van der Waals surface area contributed by atoms with Crippen molar-refractivity contribution in [2.75, 3.05) is 32.6 Å². The van der Waals surface area contributed by atoms with Crippen LogP contribution in [-0.4, -0.2) is 42.2 Å². The standard InChI is InChI=1S/C19H22N2O6S/c1-5-8-20-19(22)13-6-7-17(27-4)18(9-13)28(23,24)21-14-10-15(25-2)12-16(11-14)26-3/h5-7,9-12,21H,1,8H2,2-4H3,(H,20,22). The molecule has 0 aliphatic carbocycles. The van der Waals surface area contributed by atoms with Gasteiger partial charge in [0, 0.05) is 30.3 Å². The number of nitrogens with one attached hydrogen (secondary N) is 2. The van der Waals surface area contributed by atoms with Crippen molar-refractivity contribution in [1.29, 1.82) is 0 Å². The summed E-state index contributed by atoms with van der Waals surface area (Å²) in [6, 6.07) is 8.77. The summed E-state index contributed by atoms with van der Waals surface area (Å²) in [6.07, 6.45) is 1.52. The summed E-state index contributed by atoms with van der Waals surface area (Å²) in [5, 5.41) is 2.60. The Morgan fingerprint density at radius 3 is 2.21 bits per heavy atom. The third-order valence-corrected chi connectivity index (χ3v) is 5.13. The molecule has 0 aromatic heterocycles. The Morgan fingerprint density at radius 2 is 1.68 bits per heavy atom. The number of sulfonamides is 1. The van der Waals surface area contributed by atoms with Gasteiger partial charge in [0.15, 0.2) is 0 Å². The van der Waals surface area contributed by atoms with Gasteiger partial charge in [-0.15, -0.1) is 6.58 Å². The Bertz CT molecular complexity index is 950. The molecular formula is C19H22N2O6S. The molecule has 0 fully saturated rings. The molecule has 0 saturated heterocycles. The van der Waals surface area contributed by atoms with Crippen molar-refractivity contribution in [1.82, 2.24) is 5.32 Å². The van der Waals surface area contributed by atoms with Gasteiger partial charge in [-0.3, -0.25) is 9.52 Å². The molecule has 0 radical (unpaired) electrons. The third kappa shape index (κ3) is 4.95. The highest BCUT2D eigenvalue weighted by molar-refractivity contribution is 7.92. The number of hydrogen-bond acceptors (Lipinski definition) is 6. The first-order chi connectivity index (χ1) is 13.3. The quantitative estimate of drug-likeness (QED) is 0.620. The van der Waals surface area contributed by atoms with Crippen molar-refractivity contribution in [3.63, 3.8) is 0 Å². The van der Waals surface area contributed by atoms with Crippen molar-refractivity contribution in [3.05, 3.63) is 54.6 Å². The lowest BCUT2D eigenvalue weighted by atomic mass is 10.2. The van der Waals surface area contributed by atoms with E-state index in [-0.39, 0.29) is 28.4 Å². The molecule has 0 spiro atoms. The minimum absolute atomic E-state index is 0.0997. The largest absolute Gasteiger partial charge is 0.497 e. The SMILES string of the molecule is C=CCNC(=O)c1ccc(OC)c(S(=O)(=O)Nc2cc(OC)cc(OC)c2)c1. The van der Waals surface area contributed by atoms with Crippen LogP contribution >= 0.6 is 0 Å². The summed E-state index contributed by atoms with van der Waals surface area (Å²) in [4.78, 5) is 12.0. The average Bonchev–Trinajstić information content (AvgIpc) is 2.70. The zero-order valence-corrected chi connectivity index (χ0v) is 16.6. The fraction of sp³-hybridized carbons (Fsp3) is 0.211. The van der Waals surface area contributed by atoms with Crippen LogP contribution in [0.5, 0.6) is 17.2 Å². The van der Waals surface area contributed by atoms with E-state index in [0.29, 0.717) is 11.5 Å². The number of rotatable bonds is 9. The highest BCUT2D eigenvalue weighted by Crippen LogP contribution is 2.30. The van der Waals surface area contributed by atoms with Crippen LogP contribution in [0.15, 0.2) is 53.9 Å². The van der Waals surface area contributed by atoms with Crippen LogP contribution in [0.25, 0.3) is 0 Å². The van der Waals surface area contributed by atoms with Crippen LogP contribution in [0.1, 0.15) is 10.4 Å². The van der Waals surface area contributed by atoms with E-state index in [1.807, 2.05) is 0 Å². The van der Waals surface area contributed by atoms with Crippen molar-refractivity contribution < 1.29 is 27.4 Å². The van der Waals surface area contributed by atoms with Crippen LogP contribution in [0.3, 0.4) is 0 Å². The van der Waals surface area contributed by atoms with Crippen LogP contribution in [-0.2, 0) is 10.0 Å². The molecule has 1 amide bonds. The molecule has 0 atom stereocenters. The number of ether oxygens (including phenoxy) is 3. The molecule has 2 rings (SSSR count). The Morgan fingerprint density at radius 1 is 1.04 bits per heavy atom. The van der Waals surface area contributed by atoms with Gasteiger partial charge in [0.2, 0.25) is 0 Å². The molecule has 0 aliphatic rings. The number of methoxy groups -OCH3 is 3.